The van der Waals surface area contributed by atoms with E-state index in [1.54, 1.807) is 0 Å². The smallest absolute Gasteiger partial charge is 0.0538 e. The average molecular weight is 237 g/mol. The van der Waals surface area contributed by atoms with Gasteiger partial charge in [-0.05, 0) is 70.9 Å². The zero-order chi connectivity index (χ0) is 11.9. The minimum absolute atomic E-state index is 0.392. The normalized spacial score (nSPS) is 29.8. The highest BCUT2D eigenvalue weighted by molar-refractivity contribution is 5.00. The molecule has 0 aromatic rings. The van der Waals surface area contributed by atoms with Crippen molar-refractivity contribution in [2.75, 3.05) is 26.2 Å². The van der Waals surface area contributed by atoms with Crippen molar-refractivity contribution in [3.05, 3.63) is 0 Å². The average Bonchev–Trinajstić information content (AvgIpc) is 3.19. The molecule has 3 rings (SSSR count). The molecule has 3 fully saturated rings. The van der Waals surface area contributed by atoms with Gasteiger partial charge < -0.3 is 9.64 Å². The van der Waals surface area contributed by atoms with Crippen LogP contribution in [0.2, 0.25) is 0 Å². The van der Waals surface area contributed by atoms with Crippen molar-refractivity contribution < 1.29 is 4.74 Å². The van der Waals surface area contributed by atoms with Crippen molar-refractivity contribution in [1.29, 1.82) is 0 Å². The second-order valence-electron chi connectivity index (χ2n) is 7.14. The van der Waals surface area contributed by atoms with Crippen LogP contribution < -0.4 is 0 Å². The van der Waals surface area contributed by atoms with Gasteiger partial charge in [-0.3, -0.25) is 0 Å². The van der Waals surface area contributed by atoms with Crippen molar-refractivity contribution in [2.45, 2.75) is 58.5 Å². The highest BCUT2D eigenvalue weighted by Crippen LogP contribution is 2.54. The Balaban J connectivity index is 1.43. The zero-order valence-corrected chi connectivity index (χ0v) is 11.5. The molecule has 2 aliphatic carbocycles. The predicted octanol–water partition coefficient (Wildman–Crippen LogP) is 3.07. The largest absolute Gasteiger partial charge is 0.378 e. The number of likely N-dealkylation sites (tertiary alicyclic amines) is 1. The first-order chi connectivity index (χ1) is 8.12. The fourth-order valence-corrected chi connectivity index (χ4v) is 3.20. The fraction of sp³-hybridized carbons (Fsp3) is 1.00. The van der Waals surface area contributed by atoms with Gasteiger partial charge in [0, 0.05) is 12.0 Å². The highest BCUT2D eigenvalue weighted by Gasteiger charge is 2.48. The summed E-state index contributed by atoms with van der Waals surface area (Å²) >= 11 is 0. The summed E-state index contributed by atoms with van der Waals surface area (Å²) in [5.74, 6) is 0. The van der Waals surface area contributed by atoms with E-state index in [0.717, 1.165) is 12.0 Å². The van der Waals surface area contributed by atoms with Crippen molar-refractivity contribution in [1.82, 2.24) is 4.90 Å². The van der Waals surface area contributed by atoms with E-state index in [1.165, 1.54) is 58.2 Å². The molecule has 98 valence electrons. The van der Waals surface area contributed by atoms with E-state index in [0.29, 0.717) is 11.5 Å². The van der Waals surface area contributed by atoms with E-state index in [-0.39, 0.29) is 0 Å². The lowest BCUT2D eigenvalue weighted by atomic mass is 9.93. The van der Waals surface area contributed by atoms with Crippen LogP contribution in [0.1, 0.15) is 52.4 Å². The van der Waals surface area contributed by atoms with E-state index >= 15 is 0 Å². The third kappa shape index (κ3) is 2.85. The van der Waals surface area contributed by atoms with Gasteiger partial charge in [0.05, 0.1) is 12.7 Å². The van der Waals surface area contributed by atoms with E-state index in [4.69, 9.17) is 4.74 Å². The quantitative estimate of drug-likeness (QED) is 0.728. The van der Waals surface area contributed by atoms with Crippen LogP contribution in [0.3, 0.4) is 0 Å². The first-order valence-corrected chi connectivity index (χ1v) is 7.46. The van der Waals surface area contributed by atoms with E-state index < -0.39 is 0 Å². The van der Waals surface area contributed by atoms with Gasteiger partial charge in [-0.2, -0.15) is 0 Å². The molecule has 0 bridgehead atoms. The maximum atomic E-state index is 5.84. The fourth-order valence-electron chi connectivity index (χ4n) is 3.20. The maximum Gasteiger partial charge on any atom is 0.0538 e. The Hall–Kier alpha value is -0.0800. The third-order valence-corrected chi connectivity index (χ3v) is 5.11. The summed E-state index contributed by atoms with van der Waals surface area (Å²) in [7, 11) is 0. The van der Waals surface area contributed by atoms with Gasteiger partial charge in [0.2, 0.25) is 0 Å². The second kappa shape index (κ2) is 4.24. The number of hydrogen-bond acceptors (Lipinski definition) is 2. The second-order valence-corrected chi connectivity index (χ2v) is 7.14. The standard InChI is InChI=1S/C15H27NO/c1-13(2)17-12-15(5-6-15)11-16-9-7-14(3-4-14)8-10-16/h13H,3-12H2,1-2H3. The first-order valence-electron chi connectivity index (χ1n) is 7.46. The Kier molecular flexibility index (Phi) is 2.99. The summed E-state index contributed by atoms with van der Waals surface area (Å²) in [6, 6.07) is 0. The summed E-state index contributed by atoms with van der Waals surface area (Å²) in [4.78, 5) is 2.71. The number of hydrogen-bond donors (Lipinski definition) is 0. The van der Waals surface area contributed by atoms with Gasteiger partial charge in [-0.15, -0.1) is 0 Å². The molecule has 3 aliphatic rings. The molecule has 0 N–H and O–H groups in total. The number of nitrogens with zero attached hydrogens (tertiary/aromatic N) is 1. The van der Waals surface area contributed by atoms with Crippen molar-refractivity contribution in [2.24, 2.45) is 10.8 Å². The molecule has 1 aliphatic heterocycles. The SMILES string of the molecule is CC(C)OCC1(CN2CCC3(CC2)CC3)CC1. The lowest BCUT2D eigenvalue weighted by Gasteiger charge is -2.34. The van der Waals surface area contributed by atoms with Crippen LogP contribution in [-0.2, 0) is 4.74 Å². The van der Waals surface area contributed by atoms with Crippen LogP contribution in [0.15, 0.2) is 0 Å². The highest BCUT2D eigenvalue weighted by atomic mass is 16.5. The molecule has 0 aromatic heterocycles. The van der Waals surface area contributed by atoms with Crippen LogP contribution >= 0.6 is 0 Å². The third-order valence-electron chi connectivity index (χ3n) is 5.11. The Labute approximate surface area is 106 Å². The number of piperidine rings is 1. The van der Waals surface area contributed by atoms with Crippen LogP contribution in [0.25, 0.3) is 0 Å². The summed E-state index contributed by atoms with van der Waals surface area (Å²) in [6.45, 7) is 9.29. The maximum absolute atomic E-state index is 5.84. The molecule has 0 amide bonds. The summed E-state index contributed by atoms with van der Waals surface area (Å²) < 4.78 is 5.84. The lowest BCUT2D eigenvalue weighted by Crippen LogP contribution is -2.39. The van der Waals surface area contributed by atoms with E-state index in [1.807, 2.05) is 0 Å². The van der Waals surface area contributed by atoms with Gasteiger partial charge in [0.25, 0.3) is 0 Å². The van der Waals surface area contributed by atoms with Gasteiger partial charge >= 0.3 is 0 Å². The van der Waals surface area contributed by atoms with Crippen molar-refractivity contribution >= 4 is 0 Å². The van der Waals surface area contributed by atoms with Crippen LogP contribution in [-0.4, -0.2) is 37.2 Å². The Morgan fingerprint density at radius 1 is 1.00 bits per heavy atom. The van der Waals surface area contributed by atoms with Gasteiger partial charge in [0.1, 0.15) is 0 Å². The lowest BCUT2D eigenvalue weighted by molar-refractivity contribution is 0.0256. The molecular weight excluding hydrogens is 210 g/mol. The zero-order valence-electron chi connectivity index (χ0n) is 11.5. The molecule has 0 atom stereocenters. The van der Waals surface area contributed by atoms with Crippen LogP contribution in [0.4, 0.5) is 0 Å². The minimum atomic E-state index is 0.392. The van der Waals surface area contributed by atoms with Crippen LogP contribution in [0.5, 0.6) is 0 Å². The number of ether oxygens (including phenoxy) is 1. The molecular formula is C15H27NO. The molecule has 2 heteroatoms. The molecule has 0 unspecified atom stereocenters. The minimum Gasteiger partial charge on any atom is -0.378 e. The topological polar surface area (TPSA) is 12.5 Å². The first kappa shape index (κ1) is 12.0. The molecule has 0 radical (unpaired) electrons. The summed E-state index contributed by atoms with van der Waals surface area (Å²) in [5.41, 5.74) is 1.36. The van der Waals surface area contributed by atoms with Crippen LogP contribution in [0, 0.1) is 10.8 Å². The molecule has 17 heavy (non-hydrogen) atoms. The van der Waals surface area contributed by atoms with Gasteiger partial charge in [0.15, 0.2) is 0 Å². The summed E-state index contributed by atoms with van der Waals surface area (Å²) in [6.07, 6.45) is 9.14. The Morgan fingerprint density at radius 2 is 1.65 bits per heavy atom. The molecule has 2 saturated carbocycles. The van der Waals surface area contributed by atoms with E-state index in [2.05, 4.69) is 18.7 Å². The van der Waals surface area contributed by atoms with Crippen molar-refractivity contribution in [3.8, 4) is 0 Å². The molecule has 1 saturated heterocycles. The van der Waals surface area contributed by atoms with Crippen molar-refractivity contribution in [3.63, 3.8) is 0 Å². The molecule has 1 spiro atoms. The molecule has 1 heterocycles. The predicted molar refractivity (Wildman–Crippen MR) is 70.1 cm³/mol. The monoisotopic (exact) mass is 237 g/mol. The Morgan fingerprint density at radius 3 is 2.12 bits per heavy atom. The number of rotatable bonds is 5. The Bertz CT molecular complexity index is 269. The van der Waals surface area contributed by atoms with E-state index in [9.17, 15) is 0 Å². The van der Waals surface area contributed by atoms with Gasteiger partial charge in [-0.1, -0.05) is 0 Å². The molecule has 0 aromatic carbocycles. The molecule has 2 nitrogen and oxygen atoms in total. The van der Waals surface area contributed by atoms with Gasteiger partial charge in [-0.25, -0.2) is 0 Å². The summed E-state index contributed by atoms with van der Waals surface area (Å²) in [5, 5.41) is 0.